The van der Waals surface area contributed by atoms with Crippen LogP contribution >= 0.6 is 0 Å². The van der Waals surface area contributed by atoms with Crippen molar-refractivity contribution in [1.29, 1.82) is 0 Å². The van der Waals surface area contributed by atoms with Crippen LogP contribution in [0.1, 0.15) is 6.92 Å². The number of anilines is 1. The maximum atomic E-state index is 13.5. The normalized spacial score (nSPS) is 12.5. The molecular weight excluding hydrogens is 219 g/mol. The van der Waals surface area contributed by atoms with Crippen LogP contribution in [-0.2, 0) is 4.74 Å². The molecule has 0 aromatic heterocycles. The molecule has 0 heterocycles. The van der Waals surface area contributed by atoms with Gasteiger partial charge >= 0.3 is 0 Å². The Balaban J connectivity index is 2.35. The Hall–Kier alpha value is -1.13. The zero-order valence-corrected chi connectivity index (χ0v) is 10.7. The summed E-state index contributed by atoms with van der Waals surface area (Å²) in [5, 5.41) is 3.31. The molecule has 0 aliphatic rings. The first-order valence-electron chi connectivity index (χ1n) is 5.83. The maximum Gasteiger partial charge on any atom is 0.146 e. The average molecular weight is 240 g/mol. The second kappa shape index (κ2) is 7.25. The van der Waals surface area contributed by atoms with Crippen LogP contribution in [0, 0.1) is 5.82 Å². The van der Waals surface area contributed by atoms with Crippen molar-refractivity contribution in [2.45, 2.75) is 13.0 Å². The van der Waals surface area contributed by atoms with Crippen LogP contribution < -0.4 is 10.2 Å². The molecule has 0 spiro atoms. The Morgan fingerprint density at radius 3 is 2.76 bits per heavy atom. The molecule has 3 nitrogen and oxygen atoms in total. The summed E-state index contributed by atoms with van der Waals surface area (Å²) >= 11 is 0. The molecule has 0 saturated carbocycles. The fourth-order valence-corrected chi connectivity index (χ4v) is 1.67. The molecule has 1 unspecified atom stereocenters. The third-order valence-electron chi connectivity index (χ3n) is 2.62. The number of rotatable bonds is 7. The van der Waals surface area contributed by atoms with E-state index in [1.807, 2.05) is 18.0 Å². The Kier molecular flexibility index (Phi) is 5.94. The fraction of sp³-hybridized carbons (Fsp3) is 0.538. The van der Waals surface area contributed by atoms with E-state index in [4.69, 9.17) is 4.74 Å². The summed E-state index contributed by atoms with van der Waals surface area (Å²) in [6.07, 6.45) is 0. The number of halogens is 1. The highest BCUT2D eigenvalue weighted by Gasteiger charge is 2.06. The summed E-state index contributed by atoms with van der Waals surface area (Å²) < 4.78 is 18.5. The van der Waals surface area contributed by atoms with E-state index in [1.165, 1.54) is 6.07 Å². The Morgan fingerprint density at radius 2 is 2.12 bits per heavy atom. The minimum absolute atomic E-state index is 0.181. The van der Waals surface area contributed by atoms with Crippen LogP contribution in [0.3, 0.4) is 0 Å². The van der Waals surface area contributed by atoms with Gasteiger partial charge in [0.15, 0.2) is 0 Å². The van der Waals surface area contributed by atoms with E-state index in [2.05, 4.69) is 12.2 Å². The SMILES string of the molecule is COCC(C)NCCN(C)c1ccccc1F. The molecule has 0 saturated heterocycles. The highest BCUT2D eigenvalue weighted by atomic mass is 19.1. The molecule has 1 rings (SSSR count). The van der Waals surface area contributed by atoms with E-state index in [0.29, 0.717) is 18.3 Å². The molecule has 0 bridgehead atoms. The number of nitrogens with zero attached hydrogens (tertiary/aromatic N) is 1. The summed E-state index contributed by atoms with van der Waals surface area (Å²) in [7, 11) is 3.57. The Labute approximate surface area is 103 Å². The monoisotopic (exact) mass is 240 g/mol. The van der Waals surface area contributed by atoms with Gasteiger partial charge in [0.05, 0.1) is 12.3 Å². The lowest BCUT2D eigenvalue weighted by molar-refractivity contribution is 0.173. The van der Waals surface area contributed by atoms with Crippen molar-refractivity contribution in [3.63, 3.8) is 0 Å². The minimum Gasteiger partial charge on any atom is -0.383 e. The zero-order valence-electron chi connectivity index (χ0n) is 10.7. The van der Waals surface area contributed by atoms with E-state index in [0.717, 1.165) is 13.1 Å². The van der Waals surface area contributed by atoms with Crippen LogP contribution in [0.5, 0.6) is 0 Å². The quantitative estimate of drug-likeness (QED) is 0.787. The molecule has 0 aliphatic carbocycles. The van der Waals surface area contributed by atoms with Crippen molar-refractivity contribution in [2.24, 2.45) is 0 Å². The fourth-order valence-electron chi connectivity index (χ4n) is 1.67. The standard InChI is InChI=1S/C13H21FN2O/c1-11(10-17-3)15-8-9-16(2)13-7-5-4-6-12(13)14/h4-7,11,15H,8-10H2,1-3H3. The van der Waals surface area contributed by atoms with Gasteiger partial charge in [-0.3, -0.25) is 0 Å². The first-order chi connectivity index (χ1) is 8.15. The van der Waals surface area contributed by atoms with Gasteiger partial charge in [-0.05, 0) is 19.1 Å². The lowest BCUT2D eigenvalue weighted by Gasteiger charge is -2.21. The minimum atomic E-state index is -0.181. The molecule has 96 valence electrons. The van der Waals surface area contributed by atoms with Crippen LogP contribution in [-0.4, -0.2) is 39.9 Å². The highest BCUT2D eigenvalue weighted by Crippen LogP contribution is 2.16. The molecule has 17 heavy (non-hydrogen) atoms. The first kappa shape index (κ1) is 13.9. The van der Waals surface area contributed by atoms with Gasteiger partial charge < -0.3 is 15.0 Å². The summed E-state index contributed by atoms with van der Waals surface area (Å²) in [6.45, 7) is 4.31. The van der Waals surface area contributed by atoms with Gasteiger partial charge in [0.2, 0.25) is 0 Å². The summed E-state index contributed by atoms with van der Waals surface area (Å²) in [5.41, 5.74) is 0.633. The molecule has 1 N–H and O–H groups in total. The first-order valence-corrected chi connectivity index (χ1v) is 5.83. The Bertz CT molecular complexity index is 333. The summed E-state index contributed by atoms with van der Waals surface area (Å²) in [5.74, 6) is -0.181. The molecular formula is C13H21FN2O. The topological polar surface area (TPSA) is 24.5 Å². The smallest absolute Gasteiger partial charge is 0.146 e. The van der Waals surface area contributed by atoms with Crippen molar-refractivity contribution >= 4 is 5.69 Å². The van der Waals surface area contributed by atoms with Gasteiger partial charge in [0.1, 0.15) is 5.82 Å². The lowest BCUT2D eigenvalue weighted by atomic mass is 10.3. The van der Waals surface area contributed by atoms with E-state index in [-0.39, 0.29) is 5.82 Å². The second-order valence-electron chi connectivity index (χ2n) is 4.18. The summed E-state index contributed by atoms with van der Waals surface area (Å²) in [6, 6.07) is 7.12. The highest BCUT2D eigenvalue weighted by molar-refractivity contribution is 5.46. The van der Waals surface area contributed by atoms with Gasteiger partial charge in [-0.2, -0.15) is 0 Å². The summed E-state index contributed by atoms with van der Waals surface area (Å²) in [4.78, 5) is 1.90. The third kappa shape index (κ3) is 4.71. The number of nitrogens with one attached hydrogen (secondary N) is 1. The molecule has 1 aromatic rings. The number of methoxy groups -OCH3 is 1. The van der Waals surface area contributed by atoms with Crippen molar-refractivity contribution < 1.29 is 9.13 Å². The third-order valence-corrected chi connectivity index (χ3v) is 2.62. The largest absolute Gasteiger partial charge is 0.383 e. The molecule has 0 radical (unpaired) electrons. The van der Waals surface area contributed by atoms with Gasteiger partial charge in [-0.1, -0.05) is 12.1 Å². The number of ether oxygens (including phenoxy) is 1. The molecule has 0 aliphatic heterocycles. The van der Waals surface area contributed by atoms with Crippen molar-refractivity contribution in [2.75, 3.05) is 38.8 Å². The van der Waals surface area contributed by atoms with Crippen LogP contribution in [0.15, 0.2) is 24.3 Å². The van der Waals surface area contributed by atoms with E-state index < -0.39 is 0 Å². The van der Waals surface area contributed by atoms with Crippen molar-refractivity contribution in [3.8, 4) is 0 Å². The predicted octanol–water partition coefficient (Wildman–Crippen LogP) is 1.89. The predicted molar refractivity (Wildman–Crippen MR) is 69.0 cm³/mol. The molecule has 4 heteroatoms. The van der Waals surface area contributed by atoms with Gasteiger partial charge in [-0.15, -0.1) is 0 Å². The number of hydrogen-bond acceptors (Lipinski definition) is 3. The number of benzene rings is 1. The zero-order chi connectivity index (χ0) is 12.7. The van der Waals surface area contributed by atoms with Crippen molar-refractivity contribution in [3.05, 3.63) is 30.1 Å². The second-order valence-corrected chi connectivity index (χ2v) is 4.18. The van der Waals surface area contributed by atoms with Gasteiger partial charge in [0, 0.05) is 33.3 Å². The maximum absolute atomic E-state index is 13.5. The number of para-hydroxylation sites is 1. The van der Waals surface area contributed by atoms with Crippen molar-refractivity contribution in [1.82, 2.24) is 5.32 Å². The van der Waals surface area contributed by atoms with Gasteiger partial charge in [0.25, 0.3) is 0 Å². The number of likely N-dealkylation sites (N-methyl/N-ethyl adjacent to an activating group) is 1. The van der Waals surface area contributed by atoms with Crippen LogP contribution in [0.2, 0.25) is 0 Å². The molecule has 1 atom stereocenters. The average Bonchev–Trinajstić information content (AvgIpc) is 2.29. The number of hydrogen-bond donors (Lipinski definition) is 1. The van der Waals surface area contributed by atoms with E-state index in [9.17, 15) is 4.39 Å². The molecule has 0 amide bonds. The lowest BCUT2D eigenvalue weighted by Crippen LogP contribution is -2.36. The van der Waals surface area contributed by atoms with Gasteiger partial charge in [-0.25, -0.2) is 4.39 Å². The van der Waals surface area contributed by atoms with E-state index >= 15 is 0 Å². The van der Waals surface area contributed by atoms with E-state index in [1.54, 1.807) is 19.2 Å². The molecule has 0 fully saturated rings. The van der Waals surface area contributed by atoms with Crippen LogP contribution in [0.25, 0.3) is 0 Å². The molecule has 1 aromatic carbocycles. The van der Waals surface area contributed by atoms with Crippen LogP contribution in [0.4, 0.5) is 10.1 Å². The Morgan fingerprint density at radius 1 is 1.41 bits per heavy atom.